The quantitative estimate of drug-likeness (QED) is 0.739. The van der Waals surface area contributed by atoms with Gasteiger partial charge >= 0.3 is 0 Å². The van der Waals surface area contributed by atoms with Crippen molar-refractivity contribution in [2.24, 2.45) is 5.73 Å². The average molecular weight is 374 g/mol. The van der Waals surface area contributed by atoms with Crippen LogP contribution in [0.15, 0.2) is 47.0 Å². The maximum Gasteiger partial charge on any atom is 0.227 e. The molecule has 4 rings (SSSR count). The molecule has 0 unspecified atom stereocenters. The second kappa shape index (κ2) is 8.21. The second-order valence-electron chi connectivity index (χ2n) is 5.89. The van der Waals surface area contributed by atoms with Gasteiger partial charge in [0, 0.05) is 18.5 Å². The number of hydrogen-bond donors (Lipinski definition) is 1. The van der Waals surface area contributed by atoms with E-state index in [-0.39, 0.29) is 12.4 Å². The van der Waals surface area contributed by atoms with E-state index in [1.807, 2.05) is 42.5 Å². The molecule has 0 amide bonds. The highest BCUT2D eigenvalue weighted by atomic mass is 35.5. The van der Waals surface area contributed by atoms with Gasteiger partial charge < -0.3 is 19.7 Å². The normalized spacial score (nSPS) is 12.5. The van der Waals surface area contributed by atoms with Crippen LogP contribution in [0.25, 0.3) is 11.4 Å². The lowest BCUT2D eigenvalue weighted by atomic mass is 10.1. The number of aromatic nitrogens is 2. The van der Waals surface area contributed by atoms with Gasteiger partial charge in [-0.1, -0.05) is 35.5 Å². The SMILES string of the molecule is Cl.NCc1ccc(-c2noc(CCc3ccc4c(c3)OCCO4)n2)cc1. The highest BCUT2D eigenvalue weighted by Gasteiger charge is 2.13. The first-order valence-electron chi connectivity index (χ1n) is 8.32. The molecule has 3 aromatic rings. The van der Waals surface area contributed by atoms with Gasteiger partial charge in [-0.05, 0) is 29.7 Å². The molecule has 0 bridgehead atoms. The Morgan fingerprint density at radius 1 is 0.885 bits per heavy atom. The predicted molar refractivity (Wildman–Crippen MR) is 99.7 cm³/mol. The lowest BCUT2D eigenvalue weighted by Crippen LogP contribution is -2.15. The topological polar surface area (TPSA) is 83.4 Å². The van der Waals surface area contributed by atoms with E-state index in [4.69, 9.17) is 19.7 Å². The van der Waals surface area contributed by atoms with E-state index >= 15 is 0 Å². The molecule has 2 N–H and O–H groups in total. The summed E-state index contributed by atoms with van der Waals surface area (Å²) in [7, 11) is 0. The number of rotatable bonds is 5. The van der Waals surface area contributed by atoms with Crippen molar-refractivity contribution >= 4 is 12.4 Å². The van der Waals surface area contributed by atoms with Gasteiger partial charge in [0.2, 0.25) is 11.7 Å². The fraction of sp³-hybridized carbons (Fsp3) is 0.263. The van der Waals surface area contributed by atoms with Crippen molar-refractivity contribution in [1.29, 1.82) is 0 Å². The number of benzene rings is 2. The Bertz CT molecular complexity index is 865. The van der Waals surface area contributed by atoms with Crippen LogP contribution in [-0.4, -0.2) is 23.4 Å². The van der Waals surface area contributed by atoms with Crippen LogP contribution >= 0.6 is 12.4 Å². The van der Waals surface area contributed by atoms with E-state index in [9.17, 15) is 0 Å². The second-order valence-corrected chi connectivity index (χ2v) is 5.89. The molecule has 0 saturated carbocycles. The van der Waals surface area contributed by atoms with Crippen molar-refractivity contribution in [2.75, 3.05) is 13.2 Å². The van der Waals surface area contributed by atoms with E-state index in [1.165, 1.54) is 0 Å². The molecule has 2 aromatic carbocycles. The number of hydrogen-bond acceptors (Lipinski definition) is 6. The zero-order valence-corrected chi connectivity index (χ0v) is 15.0. The van der Waals surface area contributed by atoms with E-state index in [0.717, 1.165) is 34.6 Å². The molecule has 2 heterocycles. The van der Waals surface area contributed by atoms with Gasteiger partial charge in [-0.2, -0.15) is 4.98 Å². The van der Waals surface area contributed by atoms with Crippen LogP contribution in [0.4, 0.5) is 0 Å². The summed E-state index contributed by atoms with van der Waals surface area (Å²) in [6, 6.07) is 13.9. The molecular weight excluding hydrogens is 354 g/mol. The molecule has 0 saturated heterocycles. The third kappa shape index (κ3) is 3.98. The lowest BCUT2D eigenvalue weighted by molar-refractivity contribution is 0.171. The minimum atomic E-state index is 0. The largest absolute Gasteiger partial charge is 0.486 e. The van der Waals surface area contributed by atoms with Gasteiger partial charge in [-0.25, -0.2) is 0 Å². The first-order valence-corrected chi connectivity index (χ1v) is 8.32. The Balaban J connectivity index is 0.00000196. The minimum Gasteiger partial charge on any atom is -0.486 e. The molecule has 7 heteroatoms. The fourth-order valence-corrected chi connectivity index (χ4v) is 2.76. The standard InChI is InChI=1S/C19H19N3O3.ClH/c20-12-14-1-5-15(6-2-14)19-21-18(25-22-19)8-4-13-3-7-16-17(11-13)24-10-9-23-16;/h1-3,5-7,11H,4,8-10,12,20H2;1H. The van der Waals surface area contributed by atoms with Crippen LogP contribution < -0.4 is 15.2 Å². The molecule has 0 fully saturated rings. The predicted octanol–water partition coefficient (Wildman–Crippen LogP) is 3.17. The molecule has 6 nitrogen and oxygen atoms in total. The molecule has 0 aliphatic carbocycles. The molecule has 0 atom stereocenters. The Labute approximate surface area is 157 Å². The van der Waals surface area contributed by atoms with Crippen molar-refractivity contribution in [2.45, 2.75) is 19.4 Å². The van der Waals surface area contributed by atoms with Crippen LogP contribution in [0, 0.1) is 0 Å². The van der Waals surface area contributed by atoms with Gasteiger partial charge in [0.25, 0.3) is 0 Å². The highest BCUT2D eigenvalue weighted by Crippen LogP contribution is 2.31. The first-order chi connectivity index (χ1) is 12.3. The summed E-state index contributed by atoms with van der Waals surface area (Å²) in [5.74, 6) is 2.82. The van der Waals surface area contributed by atoms with Crippen molar-refractivity contribution in [3.05, 3.63) is 59.5 Å². The van der Waals surface area contributed by atoms with E-state index in [0.29, 0.717) is 37.9 Å². The Kier molecular flexibility index (Phi) is 5.75. The number of ether oxygens (including phenoxy) is 2. The van der Waals surface area contributed by atoms with Crippen molar-refractivity contribution in [1.82, 2.24) is 10.1 Å². The number of nitrogens with two attached hydrogens (primary N) is 1. The summed E-state index contributed by atoms with van der Waals surface area (Å²) in [6.07, 6.45) is 1.47. The number of aryl methyl sites for hydroxylation is 2. The molecule has 1 aromatic heterocycles. The smallest absolute Gasteiger partial charge is 0.227 e. The van der Waals surface area contributed by atoms with Crippen LogP contribution in [0.5, 0.6) is 11.5 Å². The van der Waals surface area contributed by atoms with E-state index in [1.54, 1.807) is 0 Å². The maximum atomic E-state index is 5.61. The van der Waals surface area contributed by atoms with Crippen molar-refractivity contribution < 1.29 is 14.0 Å². The third-order valence-corrected chi connectivity index (χ3v) is 4.15. The van der Waals surface area contributed by atoms with Crippen LogP contribution in [0.2, 0.25) is 0 Å². The van der Waals surface area contributed by atoms with Gasteiger partial charge in [0.15, 0.2) is 11.5 Å². The number of halogens is 1. The zero-order valence-electron chi connectivity index (χ0n) is 14.2. The fourth-order valence-electron chi connectivity index (χ4n) is 2.76. The van der Waals surface area contributed by atoms with Gasteiger partial charge in [0.05, 0.1) is 0 Å². The Morgan fingerprint density at radius 2 is 1.62 bits per heavy atom. The molecule has 1 aliphatic rings. The molecule has 0 radical (unpaired) electrons. The molecule has 1 aliphatic heterocycles. The van der Waals surface area contributed by atoms with Gasteiger partial charge in [0.1, 0.15) is 13.2 Å². The lowest BCUT2D eigenvalue weighted by Gasteiger charge is -2.18. The first kappa shape index (κ1) is 18.2. The Hall–Kier alpha value is -2.57. The monoisotopic (exact) mass is 373 g/mol. The molecule has 26 heavy (non-hydrogen) atoms. The van der Waals surface area contributed by atoms with Gasteiger partial charge in [-0.15, -0.1) is 12.4 Å². The van der Waals surface area contributed by atoms with Crippen molar-refractivity contribution in [3.8, 4) is 22.9 Å². The van der Waals surface area contributed by atoms with Crippen LogP contribution in [0.3, 0.4) is 0 Å². The summed E-state index contributed by atoms with van der Waals surface area (Å²) in [5, 5.41) is 4.06. The molecule has 136 valence electrons. The van der Waals surface area contributed by atoms with Gasteiger partial charge in [-0.3, -0.25) is 0 Å². The summed E-state index contributed by atoms with van der Waals surface area (Å²) < 4.78 is 16.5. The van der Waals surface area contributed by atoms with E-state index in [2.05, 4.69) is 10.1 Å². The molecular formula is C19H20ClN3O3. The summed E-state index contributed by atoms with van der Waals surface area (Å²) >= 11 is 0. The number of fused-ring (bicyclic) bond motifs is 1. The zero-order chi connectivity index (χ0) is 17.1. The van der Waals surface area contributed by atoms with E-state index < -0.39 is 0 Å². The average Bonchev–Trinajstić information content (AvgIpc) is 3.15. The highest BCUT2D eigenvalue weighted by molar-refractivity contribution is 5.85. The van der Waals surface area contributed by atoms with Crippen molar-refractivity contribution in [3.63, 3.8) is 0 Å². The summed E-state index contributed by atoms with van der Waals surface area (Å²) in [4.78, 5) is 4.47. The third-order valence-electron chi connectivity index (χ3n) is 4.15. The van der Waals surface area contributed by atoms with Crippen LogP contribution in [-0.2, 0) is 19.4 Å². The minimum absolute atomic E-state index is 0. The summed E-state index contributed by atoms with van der Waals surface area (Å²) in [6.45, 7) is 1.71. The molecule has 0 spiro atoms. The van der Waals surface area contributed by atoms with Crippen LogP contribution in [0.1, 0.15) is 17.0 Å². The Morgan fingerprint density at radius 3 is 2.38 bits per heavy atom. The summed E-state index contributed by atoms with van der Waals surface area (Å²) in [5.41, 5.74) is 8.76. The maximum absolute atomic E-state index is 5.61. The number of nitrogens with zero attached hydrogens (tertiary/aromatic N) is 2.